The lowest BCUT2D eigenvalue weighted by molar-refractivity contribution is -0.143. The predicted molar refractivity (Wildman–Crippen MR) is 49.6 cm³/mol. The number of ether oxygens (including phenoxy) is 1. The molecule has 2 rings (SSSR count). The van der Waals surface area contributed by atoms with Gasteiger partial charge >= 0.3 is 5.97 Å². The Morgan fingerprint density at radius 1 is 1.55 bits per heavy atom. The molecule has 1 saturated carbocycles. The molecule has 2 fully saturated rings. The van der Waals surface area contributed by atoms with Crippen LogP contribution in [-0.2, 0) is 9.53 Å². The standard InChI is InChI=1S/C8H11IO2/c1-4-2-6(9)7-3-5(4)8(10)11-7/h4-7H,2-3H2,1H3/t4-,5+,6-,7+/m1/s1. The molecule has 0 N–H and O–H groups in total. The molecule has 2 bridgehead atoms. The van der Waals surface area contributed by atoms with Crippen LogP contribution in [0.4, 0.5) is 0 Å². The van der Waals surface area contributed by atoms with Gasteiger partial charge in [0.05, 0.1) is 5.92 Å². The highest BCUT2D eigenvalue weighted by atomic mass is 127. The van der Waals surface area contributed by atoms with E-state index in [1.807, 2.05) is 0 Å². The monoisotopic (exact) mass is 266 g/mol. The normalized spacial score (nSPS) is 49.1. The number of fused-ring (bicyclic) bond motifs is 2. The first-order valence-electron chi connectivity index (χ1n) is 4.03. The van der Waals surface area contributed by atoms with Crippen molar-refractivity contribution in [2.24, 2.45) is 11.8 Å². The Kier molecular flexibility index (Phi) is 1.85. The summed E-state index contributed by atoms with van der Waals surface area (Å²) in [4.78, 5) is 11.2. The zero-order valence-corrected chi connectivity index (χ0v) is 8.58. The summed E-state index contributed by atoms with van der Waals surface area (Å²) < 4.78 is 5.77. The lowest BCUT2D eigenvalue weighted by Crippen LogP contribution is -2.28. The van der Waals surface area contributed by atoms with Crippen LogP contribution in [0.1, 0.15) is 19.8 Å². The maximum atomic E-state index is 11.2. The van der Waals surface area contributed by atoms with E-state index in [9.17, 15) is 4.79 Å². The molecule has 0 aromatic heterocycles. The van der Waals surface area contributed by atoms with E-state index in [0.717, 1.165) is 12.8 Å². The van der Waals surface area contributed by atoms with E-state index in [4.69, 9.17) is 4.74 Å². The predicted octanol–water partition coefficient (Wildman–Crippen LogP) is 1.76. The first-order chi connectivity index (χ1) is 5.18. The van der Waals surface area contributed by atoms with Gasteiger partial charge in [-0.05, 0) is 18.8 Å². The number of carbonyl (C=O) groups is 1. The van der Waals surface area contributed by atoms with E-state index in [1.165, 1.54) is 0 Å². The molecule has 0 unspecified atom stereocenters. The van der Waals surface area contributed by atoms with E-state index >= 15 is 0 Å². The number of esters is 1. The highest BCUT2D eigenvalue weighted by Gasteiger charge is 2.45. The quantitative estimate of drug-likeness (QED) is 0.379. The van der Waals surface area contributed by atoms with Crippen molar-refractivity contribution < 1.29 is 9.53 Å². The Balaban J connectivity index is 2.20. The summed E-state index contributed by atoms with van der Waals surface area (Å²) in [6.07, 6.45) is 2.33. The summed E-state index contributed by atoms with van der Waals surface area (Å²) >= 11 is 2.39. The highest BCUT2D eigenvalue weighted by molar-refractivity contribution is 14.1. The molecule has 0 aromatic rings. The number of hydrogen-bond acceptors (Lipinski definition) is 2. The molecule has 0 spiro atoms. The van der Waals surface area contributed by atoms with Crippen molar-refractivity contribution in [1.82, 2.24) is 0 Å². The Bertz CT molecular complexity index is 193. The van der Waals surface area contributed by atoms with Gasteiger partial charge in [0.1, 0.15) is 6.10 Å². The Morgan fingerprint density at radius 3 is 3.00 bits per heavy atom. The second kappa shape index (κ2) is 2.61. The van der Waals surface area contributed by atoms with Gasteiger partial charge in [-0.1, -0.05) is 29.5 Å². The fraction of sp³-hybridized carbons (Fsp3) is 0.875. The van der Waals surface area contributed by atoms with E-state index in [2.05, 4.69) is 29.5 Å². The van der Waals surface area contributed by atoms with E-state index in [0.29, 0.717) is 9.84 Å². The van der Waals surface area contributed by atoms with Crippen molar-refractivity contribution in [3.8, 4) is 0 Å². The van der Waals surface area contributed by atoms with Crippen molar-refractivity contribution >= 4 is 28.6 Å². The van der Waals surface area contributed by atoms with Gasteiger partial charge in [-0.2, -0.15) is 0 Å². The molecular formula is C8H11IO2. The van der Waals surface area contributed by atoms with Crippen LogP contribution in [0.5, 0.6) is 0 Å². The Morgan fingerprint density at radius 2 is 2.27 bits per heavy atom. The van der Waals surface area contributed by atoms with Gasteiger partial charge in [-0.3, -0.25) is 4.79 Å². The second-order valence-corrected chi connectivity index (χ2v) is 5.15. The van der Waals surface area contributed by atoms with Crippen LogP contribution < -0.4 is 0 Å². The summed E-state index contributed by atoms with van der Waals surface area (Å²) in [5.74, 6) is 0.788. The first kappa shape index (κ1) is 7.83. The van der Waals surface area contributed by atoms with Gasteiger partial charge in [0, 0.05) is 3.92 Å². The van der Waals surface area contributed by atoms with E-state index in [1.54, 1.807) is 0 Å². The van der Waals surface area contributed by atoms with Crippen LogP contribution in [-0.4, -0.2) is 16.0 Å². The molecule has 2 nitrogen and oxygen atoms in total. The Labute approximate surface area is 79.8 Å². The fourth-order valence-corrected chi connectivity index (χ4v) is 3.23. The molecular weight excluding hydrogens is 255 g/mol. The summed E-state index contributed by atoms with van der Waals surface area (Å²) in [5.41, 5.74) is 0. The molecule has 1 aliphatic heterocycles. The third-order valence-electron chi connectivity index (χ3n) is 2.74. The maximum absolute atomic E-state index is 11.2. The van der Waals surface area contributed by atoms with Crippen LogP contribution in [0, 0.1) is 11.8 Å². The number of halogens is 1. The number of carbonyl (C=O) groups excluding carboxylic acids is 1. The molecule has 0 amide bonds. The topological polar surface area (TPSA) is 26.3 Å². The van der Waals surface area contributed by atoms with Crippen LogP contribution in [0.3, 0.4) is 0 Å². The fourth-order valence-electron chi connectivity index (χ4n) is 1.99. The van der Waals surface area contributed by atoms with Crippen molar-refractivity contribution in [1.29, 1.82) is 0 Å². The molecule has 2 aliphatic rings. The van der Waals surface area contributed by atoms with Crippen LogP contribution in [0.15, 0.2) is 0 Å². The summed E-state index contributed by atoms with van der Waals surface area (Å²) in [6, 6.07) is 0. The van der Waals surface area contributed by atoms with Crippen molar-refractivity contribution in [2.45, 2.75) is 29.8 Å². The highest BCUT2D eigenvalue weighted by Crippen LogP contribution is 2.41. The van der Waals surface area contributed by atoms with Gasteiger partial charge in [0.25, 0.3) is 0 Å². The lowest BCUT2D eigenvalue weighted by Gasteiger charge is -2.25. The second-order valence-electron chi connectivity index (χ2n) is 3.55. The number of alkyl halides is 1. The van der Waals surface area contributed by atoms with Gasteiger partial charge in [0.15, 0.2) is 0 Å². The molecule has 62 valence electrons. The molecule has 1 aliphatic carbocycles. The largest absolute Gasteiger partial charge is 0.461 e. The third-order valence-corrected chi connectivity index (χ3v) is 4.05. The van der Waals surface area contributed by atoms with Gasteiger partial charge in [-0.25, -0.2) is 0 Å². The summed E-state index contributed by atoms with van der Waals surface area (Å²) in [6.45, 7) is 2.15. The maximum Gasteiger partial charge on any atom is 0.309 e. The van der Waals surface area contributed by atoms with Gasteiger partial charge < -0.3 is 4.74 Å². The molecule has 0 radical (unpaired) electrons. The lowest BCUT2D eigenvalue weighted by atomic mass is 9.81. The minimum atomic E-state index is 0.0432. The molecule has 1 saturated heterocycles. The minimum absolute atomic E-state index is 0.0432. The zero-order chi connectivity index (χ0) is 8.01. The number of hydrogen-bond donors (Lipinski definition) is 0. The average molecular weight is 266 g/mol. The van der Waals surface area contributed by atoms with Crippen molar-refractivity contribution in [2.75, 3.05) is 0 Å². The Hall–Kier alpha value is 0.200. The molecule has 1 heterocycles. The third kappa shape index (κ3) is 1.17. The van der Waals surface area contributed by atoms with Gasteiger partial charge in [0.2, 0.25) is 0 Å². The van der Waals surface area contributed by atoms with E-state index in [-0.39, 0.29) is 18.0 Å². The molecule has 0 aromatic carbocycles. The van der Waals surface area contributed by atoms with Crippen molar-refractivity contribution in [3.05, 3.63) is 0 Å². The minimum Gasteiger partial charge on any atom is -0.461 e. The van der Waals surface area contributed by atoms with Crippen molar-refractivity contribution in [3.63, 3.8) is 0 Å². The average Bonchev–Trinajstić information content (AvgIpc) is 2.26. The van der Waals surface area contributed by atoms with Crippen LogP contribution in [0.2, 0.25) is 0 Å². The van der Waals surface area contributed by atoms with E-state index < -0.39 is 0 Å². The summed E-state index contributed by atoms with van der Waals surface area (Å²) in [7, 11) is 0. The van der Waals surface area contributed by atoms with Crippen LogP contribution in [0.25, 0.3) is 0 Å². The molecule has 11 heavy (non-hydrogen) atoms. The zero-order valence-electron chi connectivity index (χ0n) is 6.42. The SMILES string of the molecule is C[C@@H]1C[C@@H](I)[C@@H]2C[C@@H]1C(=O)O2. The summed E-state index contributed by atoms with van der Waals surface area (Å²) in [5, 5.41) is 0. The first-order valence-corrected chi connectivity index (χ1v) is 5.27. The van der Waals surface area contributed by atoms with Gasteiger partial charge in [-0.15, -0.1) is 0 Å². The van der Waals surface area contributed by atoms with Crippen LogP contribution >= 0.6 is 22.6 Å². The smallest absolute Gasteiger partial charge is 0.309 e. The number of rotatable bonds is 0. The molecule has 4 atom stereocenters. The molecule has 3 heteroatoms.